The summed E-state index contributed by atoms with van der Waals surface area (Å²) < 4.78 is 41.1. The molecule has 162 valence electrons. The lowest BCUT2D eigenvalue weighted by atomic mass is 9.85. The summed E-state index contributed by atoms with van der Waals surface area (Å²) in [6.07, 6.45) is 2.37. The predicted octanol–water partition coefficient (Wildman–Crippen LogP) is 4.50. The first-order valence-electron chi connectivity index (χ1n) is 10.00. The molecular formula is C22H26ClFN2O3S. The van der Waals surface area contributed by atoms with Gasteiger partial charge in [0.1, 0.15) is 5.82 Å². The van der Waals surface area contributed by atoms with Gasteiger partial charge in [-0.1, -0.05) is 29.8 Å². The Bertz CT molecular complexity index is 1000. The highest BCUT2D eigenvalue weighted by molar-refractivity contribution is 7.89. The Balaban J connectivity index is 1.53. The highest BCUT2D eigenvalue weighted by Crippen LogP contribution is 2.27. The van der Waals surface area contributed by atoms with Crippen molar-refractivity contribution in [2.45, 2.75) is 56.5 Å². The van der Waals surface area contributed by atoms with Crippen molar-refractivity contribution in [1.29, 1.82) is 0 Å². The van der Waals surface area contributed by atoms with Crippen molar-refractivity contribution in [2.75, 3.05) is 0 Å². The van der Waals surface area contributed by atoms with Gasteiger partial charge in [-0.15, -0.1) is 0 Å². The third kappa shape index (κ3) is 5.59. The molecule has 30 heavy (non-hydrogen) atoms. The SMILES string of the molecule is Cc1ccc(S(=O)(=O)NC2CCC(C(=O)N[C@H](C)c3ccc(F)cc3)CC2)cc1Cl. The van der Waals surface area contributed by atoms with Gasteiger partial charge in [-0.05, 0) is 74.9 Å². The summed E-state index contributed by atoms with van der Waals surface area (Å²) >= 11 is 6.05. The Morgan fingerprint density at radius 1 is 1.10 bits per heavy atom. The quantitative estimate of drug-likeness (QED) is 0.677. The molecule has 3 rings (SSSR count). The number of halogens is 2. The first-order valence-corrected chi connectivity index (χ1v) is 11.9. The second-order valence-electron chi connectivity index (χ2n) is 7.86. The molecule has 5 nitrogen and oxygen atoms in total. The van der Waals surface area contributed by atoms with Crippen LogP contribution in [0, 0.1) is 18.7 Å². The number of amides is 1. The van der Waals surface area contributed by atoms with E-state index in [4.69, 9.17) is 11.6 Å². The lowest BCUT2D eigenvalue weighted by Crippen LogP contribution is -2.41. The van der Waals surface area contributed by atoms with Crippen LogP contribution in [-0.2, 0) is 14.8 Å². The topological polar surface area (TPSA) is 75.3 Å². The van der Waals surface area contributed by atoms with Crippen molar-refractivity contribution in [3.63, 3.8) is 0 Å². The fraction of sp³-hybridized carbons (Fsp3) is 0.409. The van der Waals surface area contributed by atoms with E-state index in [1.165, 1.54) is 18.2 Å². The van der Waals surface area contributed by atoms with Crippen LogP contribution in [0.2, 0.25) is 5.02 Å². The average Bonchev–Trinajstić information content (AvgIpc) is 2.70. The maximum Gasteiger partial charge on any atom is 0.240 e. The molecular weight excluding hydrogens is 427 g/mol. The van der Waals surface area contributed by atoms with Crippen molar-refractivity contribution in [3.05, 3.63) is 64.4 Å². The van der Waals surface area contributed by atoms with E-state index in [1.54, 1.807) is 24.3 Å². The molecule has 8 heteroatoms. The summed E-state index contributed by atoms with van der Waals surface area (Å²) in [7, 11) is -3.66. The average molecular weight is 453 g/mol. The van der Waals surface area contributed by atoms with Crippen LogP contribution in [0.25, 0.3) is 0 Å². The summed E-state index contributed by atoms with van der Waals surface area (Å²) in [5, 5.41) is 3.38. The molecule has 2 aromatic carbocycles. The molecule has 0 saturated heterocycles. The highest BCUT2D eigenvalue weighted by atomic mass is 35.5. The van der Waals surface area contributed by atoms with Crippen LogP contribution in [-0.4, -0.2) is 20.4 Å². The van der Waals surface area contributed by atoms with E-state index in [2.05, 4.69) is 10.0 Å². The molecule has 1 fully saturated rings. The van der Waals surface area contributed by atoms with Gasteiger partial charge in [0, 0.05) is 17.0 Å². The van der Waals surface area contributed by atoms with Gasteiger partial charge in [-0.25, -0.2) is 17.5 Å². The number of hydrogen-bond donors (Lipinski definition) is 2. The molecule has 0 unspecified atom stereocenters. The molecule has 1 amide bonds. The van der Waals surface area contributed by atoms with Gasteiger partial charge in [0.15, 0.2) is 0 Å². The van der Waals surface area contributed by atoms with E-state index in [0.717, 1.165) is 11.1 Å². The van der Waals surface area contributed by atoms with Gasteiger partial charge < -0.3 is 5.32 Å². The fourth-order valence-electron chi connectivity index (χ4n) is 3.67. The molecule has 1 atom stereocenters. The number of sulfonamides is 1. The standard InChI is InChI=1S/C22H26ClFN2O3S/c1-14-3-12-20(13-21(14)23)30(28,29)26-19-10-6-17(7-11-19)22(27)25-15(2)16-4-8-18(24)9-5-16/h3-5,8-9,12-13,15,17,19,26H,6-7,10-11H2,1-2H3,(H,25,27)/t15-,17?,19?/m1/s1. The van der Waals surface area contributed by atoms with Crippen LogP contribution < -0.4 is 10.0 Å². The molecule has 2 aromatic rings. The number of rotatable bonds is 6. The van der Waals surface area contributed by atoms with Crippen molar-refractivity contribution in [2.24, 2.45) is 5.92 Å². The number of carbonyl (C=O) groups excluding carboxylic acids is 1. The molecule has 0 bridgehead atoms. The van der Waals surface area contributed by atoms with E-state index in [9.17, 15) is 17.6 Å². The second kappa shape index (κ2) is 9.45. The molecule has 0 spiro atoms. The maximum atomic E-state index is 13.1. The zero-order valence-corrected chi connectivity index (χ0v) is 18.6. The van der Waals surface area contributed by atoms with E-state index in [-0.39, 0.29) is 34.6 Å². The Kier molecular flexibility index (Phi) is 7.16. The van der Waals surface area contributed by atoms with Gasteiger partial charge in [-0.3, -0.25) is 4.79 Å². The van der Waals surface area contributed by atoms with E-state index < -0.39 is 10.0 Å². The lowest BCUT2D eigenvalue weighted by molar-refractivity contribution is -0.126. The van der Waals surface area contributed by atoms with Gasteiger partial charge in [0.2, 0.25) is 15.9 Å². The molecule has 0 heterocycles. The molecule has 1 aliphatic carbocycles. The van der Waals surface area contributed by atoms with Crippen LogP contribution in [0.15, 0.2) is 47.4 Å². The number of aryl methyl sites for hydroxylation is 1. The van der Waals surface area contributed by atoms with Crippen molar-refractivity contribution < 1.29 is 17.6 Å². The Morgan fingerprint density at radius 2 is 1.73 bits per heavy atom. The number of hydrogen-bond acceptors (Lipinski definition) is 3. The molecule has 0 aliphatic heterocycles. The Labute approximate surface area is 182 Å². The number of carbonyl (C=O) groups is 1. The minimum atomic E-state index is -3.66. The normalized spacial score (nSPS) is 20.5. The number of benzene rings is 2. The van der Waals surface area contributed by atoms with Crippen molar-refractivity contribution >= 4 is 27.5 Å². The smallest absolute Gasteiger partial charge is 0.240 e. The minimum Gasteiger partial charge on any atom is -0.349 e. The zero-order chi connectivity index (χ0) is 21.9. The van der Waals surface area contributed by atoms with Crippen molar-refractivity contribution in [1.82, 2.24) is 10.0 Å². The maximum absolute atomic E-state index is 13.1. The zero-order valence-electron chi connectivity index (χ0n) is 17.0. The molecule has 2 N–H and O–H groups in total. The molecule has 1 saturated carbocycles. The van der Waals surface area contributed by atoms with Gasteiger partial charge in [0.25, 0.3) is 0 Å². The van der Waals surface area contributed by atoms with Gasteiger partial charge in [-0.2, -0.15) is 0 Å². The van der Waals surface area contributed by atoms with Crippen LogP contribution in [0.3, 0.4) is 0 Å². The summed E-state index contributed by atoms with van der Waals surface area (Å²) in [5.74, 6) is -0.535. The summed E-state index contributed by atoms with van der Waals surface area (Å²) in [6.45, 7) is 3.67. The molecule has 0 aromatic heterocycles. The molecule has 1 aliphatic rings. The van der Waals surface area contributed by atoms with E-state index in [0.29, 0.717) is 30.7 Å². The van der Waals surface area contributed by atoms with Crippen LogP contribution in [0.4, 0.5) is 4.39 Å². The largest absolute Gasteiger partial charge is 0.349 e. The highest BCUT2D eigenvalue weighted by Gasteiger charge is 2.29. The lowest BCUT2D eigenvalue weighted by Gasteiger charge is -2.29. The van der Waals surface area contributed by atoms with Crippen LogP contribution in [0.5, 0.6) is 0 Å². The summed E-state index contributed by atoms with van der Waals surface area (Å²) in [4.78, 5) is 12.7. The van der Waals surface area contributed by atoms with Crippen LogP contribution >= 0.6 is 11.6 Å². The van der Waals surface area contributed by atoms with Gasteiger partial charge in [0.05, 0.1) is 10.9 Å². The van der Waals surface area contributed by atoms with Gasteiger partial charge >= 0.3 is 0 Å². The molecule has 0 radical (unpaired) electrons. The van der Waals surface area contributed by atoms with E-state index >= 15 is 0 Å². The van der Waals surface area contributed by atoms with Crippen molar-refractivity contribution in [3.8, 4) is 0 Å². The second-order valence-corrected chi connectivity index (χ2v) is 9.98. The Morgan fingerprint density at radius 3 is 2.33 bits per heavy atom. The first kappa shape index (κ1) is 22.7. The summed E-state index contributed by atoms with van der Waals surface area (Å²) in [6, 6.07) is 10.3. The first-order chi connectivity index (χ1) is 14.2. The minimum absolute atomic E-state index is 0.0570. The third-order valence-electron chi connectivity index (χ3n) is 5.60. The monoisotopic (exact) mass is 452 g/mol. The third-order valence-corrected chi connectivity index (χ3v) is 7.53. The predicted molar refractivity (Wildman–Crippen MR) is 115 cm³/mol. The Hall–Kier alpha value is -1.96. The fourth-order valence-corrected chi connectivity index (χ4v) is 5.24. The van der Waals surface area contributed by atoms with E-state index in [1.807, 2.05) is 13.8 Å². The summed E-state index contributed by atoms with van der Waals surface area (Å²) in [5.41, 5.74) is 1.65. The van der Waals surface area contributed by atoms with Crippen LogP contribution in [0.1, 0.15) is 49.8 Å². The number of nitrogens with one attached hydrogen (secondary N) is 2.